The van der Waals surface area contributed by atoms with Crippen molar-refractivity contribution in [2.45, 2.75) is 18.7 Å². The van der Waals surface area contributed by atoms with Crippen LogP contribution in [0.3, 0.4) is 0 Å². The molecule has 2 aromatic carbocycles. The minimum absolute atomic E-state index is 0.0350. The SMILES string of the molecule is COc1ccc(C)cc1NC(=O)CSc1ccccc1C. The van der Waals surface area contributed by atoms with Crippen molar-refractivity contribution in [1.82, 2.24) is 0 Å². The lowest BCUT2D eigenvalue weighted by Crippen LogP contribution is -2.14. The molecule has 0 aromatic heterocycles. The van der Waals surface area contributed by atoms with Crippen LogP contribution in [0, 0.1) is 13.8 Å². The number of carbonyl (C=O) groups is 1. The van der Waals surface area contributed by atoms with Gasteiger partial charge in [-0.2, -0.15) is 0 Å². The maximum absolute atomic E-state index is 12.1. The summed E-state index contributed by atoms with van der Waals surface area (Å²) in [6, 6.07) is 13.8. The monoisotopic (exact) mass is 301 g/mol. The van der Waals surface area contributed by atoms with Gasteiger partial charge in [-0.25, -0.2) is 0 Å². The van der Waals surface area contributed by atoms with Gasteiger partial charge in [-0.1, -0.05) is 24.3 Å². The maximum Gasteiger partial charge on any atom is 0.234 e. The van der Waals surface area contributed by atoms with Crippen LogP contribution in [0.15, 0.2) is 47.4 Å². The van der Waals surface area contributed by atoms with E-state index in [4.69, 9.17) is 4.74 Å². The predicted octanol–water partition coefficient (Wildman–Crippen LogP) is 4.04. The molecule has 4 heteroatoms. The van der Waals surface area contributed by atoms with Crippen LogP contribution >= 0.6 is 11.8 Å². The molecule has 0 heterocycles. The topological polar surface area (TPSA) is 38.3 Å². The van der Waals surface area contributed by atoms with Crippen molar-refractivity contribution in [3.05, 3.63) is 53.6 Å². The first kappa shape index (κ1) is 15.4. The molecular formula is C17H19NO2S. The third kappa shape index (κ3) is 4.26. The summed E-state index contributed by atoms with van der Waals surface area (Å²) in [7, 11) is 1.60. The fraction of sp³-hybridized carbons (Fsp3) is 0.235. The maximum atomic E-state index is 12.1. The molecule has 0 aliphatic heterocycles. The van der Waals surface area contributed by atoms with E-state index in [0.717, 1.165) is 10.5 Å². The van der Waals surface area contributed by atoms with Crippen molar-refractivity contribution in [3.63, 3.8) is 0 Å². The van der Waals surface area contributed by atoms with Crippen molar-refractivity contribution in [1.29, 1.82) is 0 Å². The molecule has 0 spiro atoms. The highest BCUT2D eigenvalue weighted by Gasteiger charge is 2.09. The number of hydrogen-bond acceptors (Lipinski definition) is 3. The van der Waals surface area contributed by atoms with E-state index in [9.17, 15) is 4.79 Å². The van der Waals surface area contributed by atoms with E-state index in [0.29, 0.717) is 17.2 Å². The summed E-state index contributed by atoms with van der Waals surface area (Å²) in [6.07, 6.45) is 0. The molecule has 0 unspecified atom stereocenters. The second-order valence-corrected chi connectivity index (χ2v) is 5.82. The van der Waals surface area contributed by atoms with Gasteiger partial charge in [-0.3, -0.25) is 4.79 Å². The van der Waals surface area contributed by atoms with Gasteiger partial charge in [-0.15, -0.1) is 11.8 Å². The number of methoxy groups -OCH3 is 1. The van der Waals surface area contributed by atoms with E-state index in [2.05, 4.69) is 5.32 Å². The summed E-state index contributed by atoms with van der Waals surface area (Å²) < 4.78 is 5.26. The van der Waals surface area contributed by atoms with Gasteiger partial charge in [0.2, 0.25) is 5.91 Å². The molecule has 110 valence electrons. The van der Waals surface area contributed by atoms with E-state index < -0.39 is 0 Å². The van der Waals surface area contributed by atoms with Crippen LogP contribution in [0.1, 0.15) is 11.1 Å². The molecule has 1 amide bonds. The molecule has 1 N–H and O–H groups in total. The molecule has 0 atom stereocenters. The summed E-state index contributed by atoms with van der Waals surface area (Å²) in [5.74, 6) is 1.02. The quantitative estimate of drug-likeness (QED) is 0.847. The van der Waals surface area contributed by atoms with Gasteiger partial charge in [0.25, 0.3) is 0 Å². The Morgan fingerprint density at radius 1 is 1.19 bits per heavy atom. The number of benzene rings is 2. The molecule has 0 bridgehead atoms. The highest BCUT2D eigenvalue weighted by molar-refractivity contribution is 8.00. The van der Waals surface area contributed by atoms with E-state index in [-0.39, 0.29) is 5.91 Å². The average Bonchev–Trinajstić information content (AvgIpc) is 2.47. The minimum atomic E-state index is -0.0350. The largest absolute Gasteiger partial charge is 0.495 e. The summed E-state index contributed by atoms with van der Waals surface area (Å²) >= 11 is 1.54. The molecule has 2 aromatic rings. The molecule has 0 fully saturated rings. The molecule has 2 rings (SSSR count). The van der Waals surface area contributed by atoms with Crippen LogP contribution in [0.5, 0.6) is 5.75 Å². The van der Waals surface area contributed by atoms with Crippen LogP contribution in [-0.4, -0.2) is 18.8 Å². The number of hydrogen-bond donors (Lipinski definition) is 1. The van der Waals surface area contributed by atoms with Gasteiger partial charge < -0.3 is 10.1 Å². The van der Waals surface area contributed by atoms with Crippen LogP contribution < -0.4 is 10.1 Å². The molecule has 0 aliphatic carbocycles. The van der Waals surface area contributed by atoms with E-state index in [1.807, 2.05) is 56.3 Å². The van der Waals surface area contributed by atoms with Crippen molar-refractivity contribution < 1.29 is 9.53 Å². The Bertz CT molecular complexity index is 640. The van der Waals surface area contributed by atoms with E-state index >= 15 is 0 Å². The van der Waals surface area contributed by atoms with Gasteiger partial charge in [0.1, 0.15) is 5.75 Å². The van der Waals surface area contributed by atoms with Gasteiger partial charge in [0.15, 0.2) is 0 Å². The number of nitrogens with one attached hydrogen (secondary N) is 1. The summed E-state index contributed by atoms with van der Waals surface area (Å²) in [4.78, 5) is 13.2. The average molecular weight is 301 g/mol. The van der Waals surface area contributed by atoms with E-state index in [1.165, 1.54) is 17.3 Å². The first-order chi connectivity index (χ1) is 10.1. The number of thioether (sulfide) groups is 1. The Kier molecular flexibility index (Phi) is 5.28. The highest BCUT2D eigenvalue weighted by atomic mass is 32.2. The summed E-state index contributed by atoms with van der Waals surface area (Å²) in [6.45, 7) is 4.03. The lowest BCUT2D eigenvalue weighted by Gasteiger charge is -2.11. The molecular weight excluding hydrogens is 282 g/mol. The predicted molar refractivity (Wildman–Crippen MR) is 88.3 cm³/mol. The van der Waals surface area contributed by atoms with Crippen molar-refractivity contribution in [2.24, 2.45) is 0 Å². The molecule has 21 heavy (non-hydrogen) atoms. The summed E-state index contributed by atoms with van der Waals surface area (Å²) in [5, 5.41) is 2.91. The van der Waals surface area contributed by atoms with Gasteiger partial charge in [0, 0.05) is 4.90 Å². The van der Waals surface area contributed by atoms with Gasteiger partial charge in [0.05, 0.1) is 18.6 Å². The normalized spacial score (nSPS) is 10.2. The fourth-order valence-electron chi connectivity index (χ4n) is 1.97. The number of anilines is 1. The van der Waals surface area contributed by atoms with Crippen LogP contribution in [0.25, 0.3) is 0 Å². The van der Waals surface area contributed by atoms with Crippen molar-refractivity contribution in [2.75, 3.05) is 18.2 Å². The van der Waals surface area contributed by atoms with Gasteiger partial charge >= 0.3 is 0 Å². The van der Waals surface area contributed by atoms with Crippen LogP contribution in [0.2, 0.25) is 0 Å². The molecule has 3 nitrogen and oxygen atoms in total. The fourth-order valence-corrected chi connectivity index (χ4v) is 2.80. The minimum Gasteiger partial charge on any atom is -0.495 e. The first-order valence-electron chi connectivity index (χ1n) is 6.73. The Balaban J connectivity index is 1.99. The van der Waals surface area contributed by atoms with Crippen molar-refractivity contribution in [3.8, 4) is 5.75 Å². The number of rotatable bonds is 5. The number of amides is 1. The Labute approximate surface area is 129 Å². The zero-order valence-electron chi connectivity index (χ0n) is 12.5. The summed E-state index contributed by atoms with van der Waals surface area (Å²) in [5.41, 5.74) is 2.98. The molecule has 0 saturated carbocycles. The smallest absolute Gasteiger partial charge is 0.234 e. The van der Waals surface area contributed by atoms with Crippen molar-refractivity contribution >= 4 is 23.4 Å². The lowest BCUT2D eigenvalue weighted by atomic mass is 10.2. The molecule has 0 saturated heterocycles. The standard InChI is InChI=1S/C17H19NO2S/c1-12-8-9-15(20-3)14(10-12)18-17(19)11-21-16-7-5-4-6-13(16)2/h4-10H,11H2,1-3H3,(H,18,19). The second-order valence-electron chi connectivity index (χ2n) is 4.81. The number of ether oxygens (including phenoxy) is 1. The Hall–Kier alpha value is -1.94. The highest BCUT2D eigenvalue weighted by Crippen LogP contribution is 2.26. The lowest BCUT2D eigenvalue weighted by molar-refractivity contribution is -0.113. The van der Waals surface area contributed by atoms with Crippen LogP contribution in [-0.2, 0) is 4.79 Å². The first-order valence-corrected chi connectivity index (χ1v) is 7.71. The second kappa shape index (κ2) is 7.18. The molecule has 0 aliphatic rings. The molecule has 0 radical (unpaired) electrons. The number of carbonyl (C=O) groups excluding carboxylic acids is 1. The zero-order valence-corrected chi connectivity index (χ0v) is 13.3. The Morgan fingerprint density at radius 2 is 1.95 bits per heavy atom. The third-order valence-electron chi connectivity index (χ3n) is 3.08. The third-order valence-corrected chi connectivity index (χ3v) is 4.26. The Morgan fingerprint density at radius 3 is 2.67 bits per heavy atom. The number of aryl methyl sites for hydroxylation is 2. The zero-order chi connectivity index (χ0) is 15.2. The van der Waals surface area contributed by atoms with Gasteiger partial charge in [-0.05, 0) is 43.2 Å². The van der Waals surface area contributed by atoms with Crippen LogP contribution in [0.4, 0.5) is 5.69 Å². The van der Waals surface area contributed by atoms with E-state index in [1.54, 1.807) is 7.11 Å².